The van der Waals surface area contributed by atoms with Crippen molar-refractivity contribution in [2.75, 3.05) is 13.2 Å². The molecule has 0 aromatic heterocycles. The van der Waals surface area contributed by atoms with Crippen molar-refractivity contribution >= 4 is 5.97 Å². The molecule has 0 spiro atoms. The van der Waals surface area contributed by atoms with Crippen LogP contribution in [0.15, 0.2) is 0 Å². The molecule has 0 aromatic rings. The smallest absolute Gasteiger partial charge is 0.0571 e. The lowest BCUT2D eigenvalue weighted by Gasteiger charge is -2.28. The van der Waals surface area contributed by atoms with Crippen LogP contribution in [0, 0.1) is 5.41 Å². The Morgan fingerprint density at radius 1 is 1.46 bits per heavy atom. The van der Waals surface area contributed by atoms with Gasteiger partial charge in [0.15, 0.2) is 0 Å². The molecule has 0 aliphatic heterocycles. The molecule has 0 aromatic carbocycles. The maximum Gasteiger partial charge on any atom is 0.0571 e. The summed E-state index contributed by atoms with van der Waals surface area (Å²) in [6, 6.07) is 0. The fourth-order valence-electron chi connectivity index (χ4n) is 0.849. The van der Waals surface area contributed by atoms with Crippen molar-refractivity contribution < 1.29 is 14.6 Å². The summed E-state index contributed by atoms with van der Waals surface area (Å²) in [5.74, 6) is -1.02. The first-order chi connectivity index (χ1) is 6.06. The lowest BCUT2D eigenvalue weighted by Crippen LogP contribution is -2.43. The molecule has 1 unspecified atom stereocenters. The van der Waals surface area contributed by atoms with Gasteiger partial charge in [-0.1, -0.05) is 27.2 Å². The number of carboxylic acid groups (broad SMARTS) is 1. The molecule has 0 radical (unpaired) electrons. The third-order valence-corrected chi connectivity index (χ3v) is 2.34. The standard InChI is InChI=1S/C10H20O3/c1-4-6-7-13-8-10(3,5-2)9(11)12/h4-8H2,1-3H3,(H,11,12)/p-1. The summed E-state index contributed by atoms with van der Waals surface area (Å²) >= 11 is 0. The van der Waals surface area contributed by atoms with E-state index >= 15 is 0 Å². The van der Waals surface area contributed by atoms with Crippen LogP contribution in [0.5, 0.6) is 0 Å². The second-order valence-electron chi connectivity index (χ2n) is 3.61. The summed E-state index contributed by atoms with van der Waals surface area (Å²) in [4.78, 5) is 10.7. The van der Waals surface area contributed by atoms with Gasteiger partial charge in [0.1, 0.15) is 0 Å². The lowest BCUT2D eigenvalue weighted by atomic mass is 9.89. The first-order valence-corrected chi connectivity index (χ1v) is 4.86. The van der Waals surface area contributed by atoms with Crippen molar-refractivity contribution in [2.45, 2.75) is 40.0 Å². The molecular formula is C10H19O3-. The predicted molar refractivity (Wildman–Crippen MR) is 49.1 cm³/mol. The van der Waals surface area contributed by atoms with E-state index in [1.807, 2.05) is 6.92 Å². The highest BCUT2D eigenvalue weighted by molar-refractivity contribution is 5.71. The highest BCUT2D eigenvalue weighted by Crippen LogP contribution is 2.20. The van der Waals surface area contributed by atoms with E-state index in [1.54, 1.807) is 6.92 Å². The Labute approximate surface area is 80.1 Å². The maximum absolute atomic E-state index is 10.7. The summed E-state index contributed by atoms with van der Waals surface area (Å²) in [7, 11) is 0. The molecule has 3 nitrogen and oxygen atoms in total. The molecule has 0 saturated carbocycles. The Hall–Kier alpha value is -0.570. The molecule has 0 saturated heterocycles. The first-order valence-electron chi connectivity index (χ1n) is 4.86. The SMILES string of the molecule is CCCCOCC(C)(CC)C(=O)[O-]. The molecule has 1 atom stereocenters. The molecule has 0 aliphatic carbocycles. The minimum Gasteiger partial charge on any atom is -0.549 e. The molecule has 0 N–H and O–H groups in total. The van der Waals surface area contributed by atoms with E-state index in [2.05, 4.69) is 6.92 Å². The molecule has 0 fully saturated rings. The van der Waals surface area contributed by atoms with Crippen molar-refractivity contribution in [3.05, 3.63) is 0 Å². The Kier molecular flexibility index (Phi) is 5.71. The van der Waals surface area contributed by atoms with Gasteiger partial charge in [0.05, 0.1) is 6.61 Å². The van der Waals surface area contributed by atoms with Gasteiger partial charge in [-0.2, -0.15) is 0 Å². The normalized spacial score (nSPS) is 15.3. The average molecular weight is 187 g/mol. The van der Waals surface area contributed by atoms with E-state index in [0.29, 0.717) is 13.0 Å². The minimum absolute atomic E-state index is 0.256. The third kappa shape index (κ3) is 4.27. The summed E-state index contributed by atoms with van der Waals surface area (Å²) in [6.45, 7) is 6.46. The van der Waals surface area contributed by atoms with Crippen molar-refractivity contribution in [3.8, 4) is 0 Å². The third-order valence-electron chi connectivity index (χ3n) is 2.34. The second kappa shape index (κ2) is 5.97. The molecule has 78 valence electrons. The van der Waals surface area contributed by atoms with Gasteiger partial charge in [0.2, 0.25) is 0 Å². The van der Waals surface area contributed by atoms with Crippen molar-refractivity contribution in [1.82, 2.24) is 0 Å². The van der Waals surface area contributed by atoms with Gasteiger partial charge < -0.3 is 14.6 Å². The van der Waals surface area contributed by atoms with Crippen LogP contribution in [0.1, 0.15) is 40.0 Å². The molecule has 0 heterocycles. The molecular weight excluding hydrogens is 168 g/mol. The van der Waals surface area contributed by atoms with E-state index in [0.717, 1.165) is 12.8 Å². The number of rotatable bonds is 7. The zero-order chi connectivity index (χ0) is 10.3. The van der Waals surface area contributed by atoms with Gasteiger partial charge in [-0.3, -0.25) is 0 Å². The van der Waals surface area contributed by atoms with Crippen molar-refractivity contribution in [1.29, 1.82) is 0 Å². The molecule has 0 aliphatic rings. The van der Waals surface area contributed by atoms with Crippen LogP contribution in [-0.2, 0) is 9.53 Å². The Morgan fingerprint density at radius 3 is 2.46 bits per heavy atom. The van der Waals surface area contributed by atoms with E-state index in [-0.39, 0.29) is 6.61 Å². The van der Waals surface area contributed by atoms with Crippen LogP contribution in [0.4, 0.5) is 0 Å². The molecule has 13 heavy (non-hydrogen) atoms. The number of hydrogen-bond donors (Lipinski definition) is 0. The predicted octanol–water partition coefficient (Wildman–Crippen LogP) is 0.969. The van der Waals surface area contributed by atoms with Crippen LogP contribution in [0.25, 0.3) is 0 Å². The zero-order valence-corrected chi connectivity index (χ0v) is 8.76. The number of unbranched alkanes of at least 4 members (excludes halogenated alkanes) is 1. The second-order valence-corrected chi connectivity index (χ2v) is 3.61. The van der Waals surface area contributed by atoms with E-state index < -0.39 is 11.4 Å². The van der Waals surface area contributed by atoms with Crippen LogP contribution in [-0.4, -0.2) is 19.2 Å². The van der Waals surface area contributed by atoms with E-state index in [1.165, 1.54) is 0 Å². The fraction of sp³-hybridized carbons (Fsp3) is 0.900. The number of carbonyl (C=O) groups is 1. The van der Waals surface area contributed by atoms with Gasteiger partial charge in [-0.15, -0.1) is 0 Å². The minimum atomic E-state index is -1.02. The number of ether oxygens (including phenoxy) is 1. The molecule has 0 bridgehead atoms. The van der Waals surface area contributed by atoms with Crippen LogP contribution in [0.2, 0.25) is 0 Å². The first kappa shape index (κ1) is 12.4. The van der Waals surface area contributed by atoms with Gasteiger partial charge in [-0.25, -0.2) is 0 Å². The van der Waals surface area contributed by atoms with Gasteiger partial charge in [0, 0.05) is 18.0 Å². The molecule has 0 rings (SSSR count). The molecule has 3 heteroatoms. The monoisotopic (exact) mass is 187 g/mol. The largest absolute Gasteiger partial charge is 0.549 e. The highest BCUT2D eigenvalue weighted by atomic mass is 16.5. The number of carbonyl (C=O) groups excluding carboxylic acids is 1. The Balaban J connectivity index is 3.78. The molecule has 0 amide bonds. The summed E-state index contributed by atoms with van der Waals surface area (Å²) in [5.41, 5.74) is -0.826. The van der Waals surface area contributed by atoms with E-state index in [9.17, 15) is 9.90 Å². The van der Waals surface area contributed by atoms with Crippen LogP contribution in [0.3, 0.4) is 0 Å². The number of carboxylic acids is 1. The fourth-order valence-corrected chi connectivity index (χ4v) is 0.849. The highest BCUT2D eigenvalue weighted by Gasteiger charge is 2.23. The lowest BCUT2D eigenvalue weighted by molar-refractivity contribution is -0.320. The van der Waals surface area contributed by atoms with Crippen molar-refractivity contribution in [2.24, 2.45) is 5.41 Å². The number of aliphatic carboxylic acids is 1. The topological polar surface area (TPSA) is 49.4 Å². The summed E-state index contributed by atoms with van der Waals surface area (Å²) in [6.07, 6.45) is 2.59. The summed E-state index contributed by atoms with van der Waals surface area (Å²) < 4.78 is 5.27. The van der Waals surface area contributed by atoms with Crippen LogP contribution < -0.4 is 5.11 Å². The summed E-state index contributed by atoms with van der Waals surface area (Å²) in [5, 5.41) is 10.7. The quantitative estimate of drug-likeness (QED) is 0.558. The van der Waals surface area contributed by atoms with Crippen LogP contribution >= 0.6 is 0 Å². The Morgan fingerprint density at radius 2 is 2.08 bits per heavy atom. The van der Waals surface area contributed by atoms with Gasteiger partial charge in [0.25, 0.3) is 0 Å². The van der Waals surface area contributed by atoms with Gasteiger partial charge in [-0.05, 0) is 12.8 Å². The maximum atomic E-state index is 10.7. The van der Waals surface area contributed by atoms with Crippen molar-refractivity contribution in [3.63, 3.8) is 0 Å². The number of hydrogen-bond acceptors (Lipinski definition) is 3. The zero-order valence-electron chi connectivity index (χ0n) is 8.76. The average Bonchev–Trinajstić information content (AvgIpc) is 2.12. The van der Waals surface area contributed by atoms with E-state index in [4.69, 9.17) is 4.74 Å². The Bertz CT molecular complexity index is 156. The van der Waals surface area contributed by atoms with Gasteiger partial charge >= 0.3 is 0 Å².